The molecule has 26 heavy (non-hydrogen) atoms. The predicted molar refractivity (Wildman–Crippen MR) is 93.8 cm³/mol. The molecule has 0 amide bonds. The van der Waals surface area contributed by atoms with Crippen LogP contribution in [0.3, 0.4) is 0 Å². The molecule has 2 heterocycles. The predicted octanol–water partition coefficient (Wildman–Crippen LogP) is 2.33. The first kappa shape index (κ1) is 17.8. The van der Waals surface area contributed by atoms with E-state index in [2.05, 4.69) is 10.2 Å². The number of hydrogen-bond acceptors (Lipinski definition) is 5. The monoisotopic (exact) mass is 358 g/mol. The maximum Gasteiger partial charge on any atom is 0.333 e. The molecule has 0 aliphatic carbocycles. The summed E-state index contributed by atoms with van der Waals surface area (Å²) < 4.78 is 20.8. The van der Waals surface area contributed by atoms with Crippen LogP contribution in [0.25, 0.3) is 16.6 Å². The first-order valence-electron chi connectivity index (χ1n) is 8.18. The van der Waals surface area contributed by atoms with Crippen LogP contribution in [0.1, 0.15) is 26.5 Å². The number of nitrogens with zero attached hydrogens (tertiary/aromatic N) is 4. The molecule has 3 aromatic rings. The van der Waals surface area contributed by atoms with Crippen LogP contribution in [0, 0.1) is 12.7 Å². The van der Waals surface area contributed by atoms with E-state index in [0.29, 0.717) is 16.8 Å². The van der Waals surface area contributed by atoms with Crippen molar-refractivity contribution in [2.75, 3.05) is 6.61 Å². The van der Waals surface area contributed by atoms with E-state index in [9.17, 15) is 14.0 Å². The van der Waals surface area contributed by atoms with Crippen molar-refractivity contribution in [3.05, 3.63) is 52.3 Å². The van der Waals surface area contributed by atoms with Crippen LogP contribution >= 0.6 is 0 Å². The van der Waals surface area contributed by atoms with Crippen LogP contribution < -0.4 is 5.56 Å². The molecular weight excluding hydrogens is 339 g/mol. The molecule has 1 aromatic carbocycles. The highest BCUT2D eigenvalue weighted by Gasteiger charge is 2.35. The molecule has 0 saturated heterocycles. The van der Waals surface area contributed by atoms with Crippen molar-refractivity contribution in [3.8, 4) is 5.69 Å². The number of benzene rings is 1. The van der Waals surface area contributed by atoms with E-state index in [1.54, 1.807) is 27.7 Å². The molecule has 7 nitrogen and oxygen atoms in total. The van der Waals surface area contributed by atoms with Gasteiger partial charge in [0, 0.05) is 5.39 Å². The summed E-state index contributed by atoms with van der Waals surface area (Å²) >= 11 is 0. The minimum Gasteiger partial charge on any atom is -0.464 e. The molecule has 0 unspecified atom stereocenters. The van der Waals surface area contributed by atoms with Gasteiger partial charge in [-0.25, -0.2) is 18.5 Å². The second-order valence-electron chi connectivity index (χ2n) is 6.38. The first-order chi connectivity index (χ1) is 12.3. The third-order valence-electron chi connectivity index (χ3n) is 4.18. The van der Waals surface area contributed by atoms with Crippen molar-refractivity contribution < 1.29 is 13.9 Å². The summed E-state index contributed by atoms with van der Waals surface area (Å²) in [5, 5.41) is 9.10. The lowest BCUT2D eigenvalue weighted by Gasteiger charge is -2.24. The SMILES string of the molecule is CCOC(=O)C(C)(C)n1nc(C)c2cnn(-c3ccc(F)cc3)c2c1=O. The quantitative estimate of drug-likeness (QED) is 0.669. The Morgan fingerprint density at radius 3 is 2.54 bits per heavy atom. The molecule has 136 valence electrons. The van der Waals surface area contributed by atoms with Gasteiger partial charge in [0.25, 0.3) is 5.56 Å². The Morgan fingerprint density at radius 1 is 1.27 bits per heavy atom. The number of carbonyl (C=O) groups excluding carboxylic acids is 1. The van der Waals surface area contributed by atoms with Gasteiger partial charge in [0.2, 0.25) is 0 Å². The number of hydrogen-bond donors (Lipinski definition) is 0. The fraction of sp³-hybridized carbons (Fsp3) is 0.333. The molecule has 0 fully saturated rings. The Balaban J connectivity index is 2.27. The maximum atomic E-state index is 13.2. The minimum atomic E-state index is -1.29. The second kappa shape index (κ2) is 6.36. The Bertz CT molecular complexity index is 1040. The van der Waals surface area contributed by atoms with Gasteiger partial charge < -0.3 is 4.74 Å². The minimum absolute atomic E-state index is 0.200. The Labute approximate surface area is 149 Å². The van der Waals surface area contributed by atoms with E-state index in [1.165, 1.54) is 35.1 Å². The number of esters is 1. The smallest absolute Gasteiger partial charge is 0.333 e. The zero-order chi connectivity index (χ0) is 19.1. The van der Waals surface area contributed by atoms with Crippen molar-refractivity contribution in [2.45, 2.75) is 33.2 Å². The standard InChI is InChI=1S/C18H19FN4O3/c1-5-26-17(25)18(3,4)23-16(24)15-14(11(2)21-23)10-20-22(15)13-8-6-12(19)7-9-13/h6-10H,5H2,1-4H3. The van der Waals surface area contributed by atoms with Gasteiger partial charge in [-0.2, -0.15) is 10.2 Å². The molecule has 0 bridgehead atoms. The third kappa shape index (κ3) is 2.77. The van der Waals surface area contributed by atoms with E-state index < -0.39 is 17.1 Å². The van der Waals surface area contributed by atoms with Crippen molar-refractivity contribution >= 4 is 16.9 Å². The molecular formula is C18H19FN4O3. The number of ether oxygens (including phenoxy) is 1. The van der Waals surface area contributed by atoms with Gasteiger partial charge in [-0.15, -0.1) is 0 Å². The highest BCUT2D eigenvalue weighted by Crippen LogP contribution is 2.21. The number of halogens is 1. The number of aryl methyl sites for hydroxylation is 1. The second-order valence-corrected chi connectivity index (χ2v) is 6.38. The third-order valence-corrected chi connectivity index (χ3v) is 4.18. The summed E-state index contributed by atoms with van der Waals surface area (Å²) in [7, 11) is 0. The number of rotatable bonds is 4. The lowest BCUT2D eigenvalue weighted by Crippen LogP contribution is -2.45. The van der Waals surface area contributed by atoms with Crippen LogP contribution in [-0.4, -0.2) is 32.1 Å². The molecule has 0 spiro atoms. The first-order valence-corrected chi connectivity index (χ1v) is 8.18. The summed E-state index contributed by atoms with van der Waals surface area (Å²) in [6, 6.07) is 5.63. The summed E-state index contributed by atoms with van der Waals surface area (Å²) in [6.07, 6.45) is 1.53. The number of fused-ring (bicyclic) bond motifs is 1. The molecule has 0 N–H and O–H groups in total. The fourth-order valence-electron chi connectivity index (χ4n) is 2.72. The van der Waals surface area contributed by atoms with E-state index in [0.717, 1.165) is 4.68 Å². The van der Waals surface area contributed by atoms with Crippen LogP contribution in [-0.2, 0) is 15.1 Å². The largest absolute Gasteiger partial charge is 0.464 e. The molecule has 8 heteroatoms. The van der Waals surface area contributed by atoms with Crippen molar-refractivity contribution in [2.24, 2.45) is 0 Å². The lowest BCUT2D eigenvalue weighted by molar-refractivity contribution is -0.152. The maximum absolute atomic E-state index is 13.2. The number of aromatic nitrogens is 4. The molecule has 0 atom stereocenters. The summed E-state index contributed by atoms with van der Waals surface area (Å²) in [6.45, 7) is 6.77. The highest BCUT2D eigenvalue weighted by molar-refractivity contribution is 5.82. The van der Waals surface area contributed by atoms with E-state index in [-0.39, 0.29) is 17.9 Å². The van der Waals surface area contributed by atoms with Crippen LogP contribution in [0.4, 0.5) is 4.39 Å². The lowest BCUT2D eigenvalue weighted by atomic mass is 10.1. The normalized spacial score (nSPS) is 11.7. The number of carbonyl (C=O) groups is 1. The van der Waals surface area contributed by atoms with Crippen molar-refractivity contribution in [1.29, 1.82) is 0 Å². The topological polar surface area (TPSA) is 79.0 Å². The van der Waals surface area contributed by atoms with Gasteiger partial charge >= 0.3 is 5.97 Å². The van der Waals surface area contributed by atoms with Gasteiger partial charge in [-0.05, 0) is 52.0 Å². The molecule has 2 aromatic heterocycles. The van der Waals surface area contributed by atoms with Crippen LogP contribution in [0.2, 0.25) is 0 Å². The van der Waals surface area contributed by atoms with Crippen molar-refractivity contribution in [3.63, 3.8) is 0 Å². The van der Waals surface area contributed by atoms with Crippen LogP contribution in [0.15, 0.2) is 35.3 Å². The molecule has 3 rings (SSSR count). The Hall–Kier alpha value is -3.03. The molecule has 0 radical (unpaired) electrons. The zero-order valence-electron chi connectivity index (χ0n) is 15.0. The molecule has 0 aliphatic rings. The Morgan fingerprint density at radius 2 is 1.92 bits per heavy atom. The van der Waals surface area contributed by atoms with Crippen molar-refractivity contribution in [1.82, 2.24) is 19.6 Å². The van der Waals surface area contributed by atoms with E-state index in [1.807, 2.05) is 0 Å². The average molecular weight is 358 g/mol. The van der Waals surface area contributed by atoms with Gasteiger partial charge in [0.05, 0.1) is 24.2 Å². The van der Waals surface area contributed by atoms with Crippen LogP contribution in [0.5, 0.6) is 0 Å². The average Bonchev–Trinajstić information content (AvgIpc) is 3.05. The van der Waals surface area contributed by atoms with Gasteiger partial charge in [0.1, 0.15) is 11.3 Å². The van der Waals surface area contributed by atoms with Gasteiger partial charge in [-0.1, -0.05) is 0 Å². The molecule has 0 aliphatic heterocycles. The van der Waals surface area contributed by atoms with E-state index >= 15 is 0 Å². The molecule has 0 saturated carbocycles. The summed E-state index contributed by atoms with van der Waals surface area (Å²) in [4.78, 5) is 25.4. The fourth-order valence-corrected chi connectivity index (χ4v) is 2.72. The zero-order valence-corrected chi connectivity index (χ0v) is 15.0. The van der Waals surface area contributed by atoms with Gasteiger partial charge in [0.15, 0.2) is 5.54 Å². The summed E-state index contributed by atoms with van der Waals surface area (Å²) in [5.41, 5.74) is -0.425. The van der Waals surface area contributed by atoms with Gasteiger partial charge in [-0.3, -0.25) is 4.79 Å². The van der Waals surface area contributed by atoms with E-state index in [4.69, 9.17) is 4.74 Å². The highest BCUT2D eigenvalue weighted by atomic mass is 19.1. The Kier molecular flexibility index (Phi) is 4.35. The summed E-state index contributed by atoms with van der Waals surface area (Å²) in [5.74, 6) is -0.940.